The van der Waals surface area contributed by atoms with E-state index in [2.05, 4.69) is 37.4 Å². The highest BCUT2D eigenvalue weighted by molar-refractivity contribution is 6.21. The molecule has 1 aliphatic heterocycles. The van der Waals surface area contributed by atoms with Gasteiger partial charge in [-0.1, -0.05) is 48.5 Å². The molecule has 1 atom stereocenters. The number of hydrogen-bond donors (Lipinski definition) is 1. The lowest BCUT2D eigenvalue weighted by molar-refractivity contribution is -0.892. The molecule has 2 amide bonds. The maximum Gasteiger partial charge on any atom is 0.261 e. The van der Waals surface area contributed by atoms with Gasteiger partial charge in [0.25, 0.3) is 11.8 Å². The quantitative estimate of drug-likeness (QED) is 0.720. The minimum Gasteiger partial charge on any atom is -0.332 e. The Kier molecular flexibility index (Phi) is 4.27. The summed E-state index contributed by atoms with van der Waals surface area (Å²) in [5.74, 6) is -0.354. The second-order valence-electron chi connectivity index (χ2n) is 6.87. The molecule has 3 aromatic carbocycles. The second kappa shape index (κ2) is 6.73. The van der Waals surface area contributed by atoms with E-state index < -0.39 is 0 Å². The number of nitrogens with zero attached hydrogens (tertiary/aromatic N) is 1. The average Bonchev–Trinajstić information content (AvgIpc) is 2.91. The third-order valence-electron chi connectivity index (χ3n) is 4.96. The van der Waals surface area contributed by atoms with Gasteiger partial charge in [0.15, 0.2) is 0 Å². The summed E-state index contributed by atoms with van der Waals surface area (Å²) in [7, 11) is 2.09. The molecule has 4 nitrogen and oxygen atoms in total. The van der Waals surface area contributed by atoms with Crippen LogP contribution in [0.5, 0.6) is 0 Å². The Labute approximate surface area is 152 Å². The standard InChI is InChI=1S/C22H20N2O2/c1-23(15-16-10-11-17-6-2-3-7-18(17)14-16)12-13-24-21(25)19-8-4-5-9-20(19)22(24)26/h2-11,14H,12-13,15H2,1H3/p+1. The molecule has 0 saturated carbocycles. The van der Waals surface area contributed by atoms with Gasteiger partial charge in [-0.15, -0.1) is 0 Å². The first-order valence-corrected chi connectivity index (χ1v) is 8.88. The normalized spacial score (nSPS) is 14.7. The fourth-order valence-electron chi connectivity index (χ4n) is 3.53. The molecule has 0 radical (unpaired) electrons. The highest BCUT2D eigenvalue weighted by atomic mass is 16.2. The van der Waals surface area contributed by atoms with Crippen LogP contribution in [0.25, 0.3) is 10.8 Å². The minimum atomic E-state index is -0.177. The van der Waals surface area contributed by atoms with Gasteiger partial charge in [-0.3, -0.25) is 14.5 Å². The predicted octanol–water partition coefficient (Wildman–Crippen LogP) is 2.15. The van der Waals surface area contributed by atoms with Crippen LogP contribution in [0.4, 0.5) is 0 Å². The number of carbonyl (C=O) groups excluding carboxylic acids is 2. The number of likely N-dealkylation sites (N-methyl/N-ethyl adjacent to an activating group) is 1. The number of fused-ring (bicyclic) bond motifs is 2. The van der Waals surface area contributed by atoms with Gasteiger partial charge in [-0.05, 0) is 29.0 Å². The molecule has 1 aliphatic rings. The number of imide groups is 1. The number of nitrogens with one attached hydrogen (secondary N) is 1. The number of amides is 2. The van der Waals surface area contributed by atoms with Gasteiger partial charge in [-0.25, -0.2) is 0 Å². The molecule has 26 heavy (non-hydrogen) atoms. The van der Waals surface area contributed by atoms with Crippen molar-refractivity contribution >= 4 is 22.6 Å². The van der Waals surface area contributed by atoms with Crippen molar-refractivity contribution in [3.05, 3.63) is 83.4 Å². The van der Waals surface area contributed by atoms with Crippen LogP contribution in [0.15, 0.2) is 66.7 Å². The number of quaternary nitrogens is 1. The highest BCUT2D eigenvalue weighted by Gasteiger charge is 2.35. The molecular weight excluding hydrogens is 324 g/mol. The van der Waals surface area contributed by atoms with E-state index in [0.717, 1.165) is 13.1 Å². The number of hydrogen-bond acceptors (Lipinski definition) is 2. The van der Waals surface area contributed by atoms with Crippen LogP contribution in [-0.4, -0.2) is 36.9 Å². The maximum atomic E-state index is 12.4. The summed E-state index contributed by atoms with van der Waals surface area (Å²) in [6.07, 6.45) is 0. The fourth-order valence-corrected chi connectivity index (χ4v) is 3.53. The summed E-state index contributed by atoms with van der Waals surface area (Å²) in [5.41, 5.74) is 2.29. The van der Waals surface area contributed by atoms with Gasteiger partial charge in [0, 0.05) is 5.56 Å². The summed E-state index contributed by atoms with van der Waals surface area (Å²) in [6, 6.07) is 21.9. The van der Waals surface area contributed by atoms with Crippen molar-refractivity contribution in [2.75, 3.05) is 20.1 Å². The van der Waals surface area contributed by atoms with E-state index >= 15 is 0 Å². The molecule has 1 unspecified atom stereocenters. The lowest BCUT2D eigenvalue weighted by Crippen LogP contribution is -3.08. The van der Waals surface area contributed by atoms with Crippen LogP contribution in [0.1, 0.15) is 26.3 Å². The van der Waals surface area contributed by atoms with E-state index in [1.165, 1.54) is 26.1 Å². The first-order chi connectivity index (χ1) is 12.6. The van der Waals surface area contributed by atoms with Gasteiger partial charge in [0.2, 0.25) is 0 Å². The predicted molar refractivity (Wildman–Crippen MR) is 101 cm³/mol. The molecule has 4 rings (SSSR count). The first kappa shape index (κ1) is 16.5. The van der Waals surface area contributed by atoms with Gasteiger partial charge < -0.3 is 4.90 Å². The van der Waals surface area contributed by atoms with E-state index in [4.69, 9.17) is 0 Å². The zero-order valence-corrected chi connectivity index (χ0v) is 14.7. The molecule has 130 valence electrons. The lowest BCUT2D eigenvalue weighted by Gasteiger charge is -2.18. The van der Waals surface area contributed by atoms with E-state index in [1.807, 2.05) is 12.1 Å². The van der Waals surface area contributed by atoms with Gasteiger partial charge in [0.05, 0.1) is 31.3 Å². The Morgan fingerprint density at radius 3 is 2.12 bits per heavy atom. The van der Waals surface area contributed by atoms with Gasteiger partial charge in [0.1, 0.15) is 6.54 Å². The van der Waals surface area contributed by atoms with Crippen LogP contribution in [-0.2, 0) is 6.54 Å². The van der Waals surface area contributed by atoms with E-state index in [0.29, 0.717) is 17.7 Å². The smallest absolute Gasteiger partial charge is 0.261 e. The minimum absolute atomic E-state index is 0.177. The van der Waals surface area contributed by atoms with Crippen molar-refractivity contribution in [3.8, 4) is 0 Å². The van der Waals surface area contributed by atoms with Crippen molar-refractivity contribution in [3.63, 3.8) is 0 Å². The van der Waals surface area contributed by atoms with Gasteiger partial charge in [-0.2, -0.15) is 0 Å². The third-order valence-corrected chi connectivity index (χ3v) is 4.96. The van der Waals surface area contributed by atoms with Crippen LogP contribution >= 0.6 is 0 Å². The SMILES string of the molecule is C[NH+](CCN1C(=O)c2ccccc2C1=O)Cc1ccc2ccccc2c1. The van der Waals surface area contributed by atoms with E-state index in [-0.39, 0.29) is 11.8 Å². The Balaban J connectivity index is 1.40. The summed E-state index contributed by atoms with van der Waals surface area (Å²) in [5, 5.41) is 2.47. The summed E-state index contributed by atoms with van der Waals surface area (Å²) >= 11 is 0. The molecule has 3 aromatic rings. The molecule has 0 saturated heterocycles. The molecule has 4 heteroatoms. The molecule has 0 fully saturated rings. The number of benzene rings is 3. The number of rotatable bonds is 5. The summed E-state index contributed by atoms with van der Waals surface area (Å²) in [6.45, 7) is 2.01. The Morgan fingerprint density at radius 2 is 1.42 bits per heavy atom. The molecule has 0 bridgehead atoms. The van der Waals surface area contributed by atoms with Crippen molar-refractivity contribution < 1.29 is 14.5 Å². The second-order valence-corrected chi connectivity index (χ2v) is 6.87. The molecule has 1 N–H and O–H groups in total. The molecule has 0 aromatic heterocycles. The fraction of sp³-hybridized carbons (Fsp3) is 0.182. The lowest BCUT2D eigenvalue weighted by atomic mass is 10.1. The molecule has 0 spiro atoms. The average molecular weight is 345 g/mol. The zero-order valence-electron chi connectivity index (χ0n) is 14.7. The van der Waals surface area contributed by atoms with E-state index in [1.54, 1.807) is 24.3 Å². The number of carbonyl (C=O) groups is 2. The maximum absolute atomic E-state index is 12.4. The van der Waals surface area contributed by atoms with Crippen LogP contribution < -0.4 is 4.90 Å². The molecule has 0 aliphatic carbocycles. The first-order valence-electron chi connectivity index (χ1n) is 8.88. The Morgan fingerprint density at radius 1 is 0.808 bits per heavy atom. The van der Waals surface area contributed by atoms with Crippen molar-refractivity contribution in [1.82, 2.24) is 4.90 Å². The molecule has 1 heterocycles. The Hall–Kier alpha value is -2.98. The highest BCUT2D eigenvalue weighted by Crippen LogP contribution is 2.21. The van der Waals surface area contributed by atoms with Crippen LogP contribution in [0, 0.1) is 0 Å². The van der Waals surface area contributed by atoms with Crippen molar-refractivity contribution in [2.24, 2.45) is 0 Å². The topological polar surface area (TPSA) is 41.8 Å². The zero-order chi connectivity index (χ0) is 18.1. The van der Waals surface area contributed by atoms with Gasteiger partial charge >= 0.3 is 0 Å². The summed E-state index contributed by atoms with van der Waals surface area (Å²) in [4.78, 5) is 27.5. The Bertz CT molecular complexity index is 961. The van der Waals surface area contributed by atoms with Crippen molar-refractivity contribution in [1.29, 1.82) is 0 Å². The third kappa shape index (κ3) is 3.00. The van der Waals surface area contributed by atoms with Crippen molar-refractivity contribution in [2.45, 2.75) is 6.54 Å². The molecular formula is C22H21N2O2+. The largest absolute Gasteiger partial charge is 0.332 e. The van der Waals surface area contributed by atoms with E-state index in [9.17, 15) is 9.59 Å². The summed E-state index contributed by atoms with van der Waals surface area (Å²) < 4.78 is 0. The monoisotopic (exact) mass is 345 g/mol. The van der Waals surface area contributed by atoms with Crippen LogP contribution in [0.3, 0.4) is 0 Å². The van der Waals surface area contributed by atoms with Crippen LogP contribution in [0.2, 0.25) is 0 Å².